The molecule has 0 unspecified atom stereocenters. The molecule has 5 aliphatic rings. The Morgan fingerprint density at radius 3 is 2.16 bits per heavy atom. The minimum atomic E-state index is -1.00. The van der Waals surface area contributed by atoms with E-state index < -0.39 is 23.8 Å². The Balaban J connectivity index is 1.09. The Hall–Kier alpha value is -4.92. The lowest BCUT2D eigenvalue weighted by Crippen LogP contribution is -2.54. The van der Waals surface area contributed by atoms with E-state index in [4.69, 9.17) is 14.6 Å². The molecule has 230 valence electrons. The van der Waals surface area contributed by atoms with Crippen molar-refractivity contribution in [3.8, 4) is 11.5 Å². The molecule has 1 saturated heterocycles. The van der Waals surface area contributed by atoms with Crippen LogP contribution in [-0.2, 0) is 21.6 Å². The second-order valence-electron chi connectivity index (χ2n) is 12.9. The lowest BCUT2D eigenvalue weighted by atomic mass is 9.48. The number of methoxy groups -OCH3 is 1. The summed E-state index contributed by atoms with van der Waals surface area (Å²) in [4.78, 5) is 51.4. The van der Waals surface area contributed by atoms with Crippen molar-refractivity contribution >= 4 is 35.6 Å². The van der Waals surface area contributed by atoms with Gasteiger partial charge in [-0.05, 0) is 121 Å². The molecule has 8 rings (SSSR count). The minimum absolute atomic E-state index is 0.172. The van der Waals surface area contributed by atoms with E-state index in [0.717, 1.165) is 28.2 Å². The molecule has 45 heavy (non-hydrogen) atoms. The number of ether oxygens (including phenoxy) is 2. The first-order valence-electron chi connectivity index (χ1n) is 15.4. The smallest absolute Gasteiger partial charge is 0.335 e. The predicted octanol–water partition coefficient (Wildman–Crippen LogP) is 6.11. The van der Waals surface area contributed by atoms with Crippen molar-refractivity contribution in [2.75, 3.05) is 12.0 Å². The van der Waals surface area contributed by atoms with Gasteiger partial charge in [0.1, 0.15) is 12.2 Å². The summed E-state index contributed by atoms with van der Waals surface area (Å²) in [6, 6.07) is 18.3. The first-order valence-corrected chi connectivity index (χ1v) is 15.4. The van der Waals surface area contributed by atoms with Crippen LogP contribution in [0.3, 0.4) is 0 Å². The van der Waals surface area contributed by atoms with Gasteiger partial charge in [-0.25, -0.2) is 14.5 Å². The zero-order valence-electron chi connectivity index (χ0n) is 25.0. The predicted molar refractivity (Wildman–Crippen MR) is 166 cm³/mol. The van der Waals surface area contributed by atoms with Crippen molar-refractivity contribution in [1.29, 1.82) is 0 Å². The highest BCUT2D eigenvalue weighted by molar-refractivity contribution is 6.39. The van der Waals surface area contributed by atoms with Crippen molar-refractivity contribution in [3.63, 3.8) is 0 Å². The highest BCUT2D eigenvalue weighted by Gasteiger charge is 2.51. The molecule has 0 spiro atoms. The van der Waals surface area contributed by atoms with Crippen LogP contribution in [0.1, 0.15) is 65.6 Å². The van der Waals surface area contributed by atoms with Crippen LogP contribution < -0.4 is 19.7 Å². The van der Waals surface area contributed by atoms with Gasteiger partial charge in [-0.1, -0.05) is 30.3 Å². The number of urea groups is 1. The van der Waals surface area contributed by atoms with Crippen LogP contribution in [0.4, 0.5) is 10.5 Å². The Morgan fingerprint density at radius 2 is 1.56 bits per heavy atom. The topological polar surface area (TPSA) is 122 Å². The number of amides is 4. The largest absolute Gasteiger partial charge is 0.493 e. The number of benzene rings is 3. The van der Waals surface area contributed by atoms with E-state index in [0.29, 0.717) is 22.7 Å². The number of anilines is 1. The summed E-state index contributed by atoms with van der Waals surface area (Å²) < 4.78 is 11.4. The normalized spacial score (nSPS) is 26.2. The number of rotatable bonds is 8. The Kier molecular flexibility index (Phi) is 7.19. The number of nitrogens with one attached hydrogen (secondary N) is 1. The summed E-state index contributed by atoms with van der Waals surface area (Å²) in [5.74, 6) is 0.756. The third kappa shape index (κ3) is 5.36. The van der Waals surface area contributed by atoms with E-state index in [1.807, 2.05) is 12.1 Å². The van der Waals surface area contributed by atoms with E-state index in [1.54, 1.807) is 30.3 Å². The second-order valence-corrected chi connectivity index (χ2v) is 12.9. The molecule has 9 nitrogen and oxygen atoms in total. The lowest BCUT2D eigenvalue weighted by Gasteiger charge is -2.57. The maximum atomic E-state index is 13.6. The van der Waals surface area contributed by atoms with Gasteiger partial charge in [0.25, 0.3) is 11.8 Å². The number of carboxylic acid groups (broad SMARTS) is 1. The van der Waals surface area contributed by atoms with E-state index in [1.165, 1.54) is 69.4 Å². The van der Waals surface area contributed by atoms with Crippen LogP contribution in [0.2, 0.25) is 0 Å². The molecule has 4 bridgehead atoms. The Bertz CT molecular complexity index is 1690. The molecule has 3 aromatic carbocycles. The molecular weight excluding hydrogens is 572 g/mol. The van der Waals surface area contributed by atoms with E-state index in [2.05, 4.69) is 17.4 Å². The summed E-state index contributed by atoms with van der Waals surface area (Å²) in [6.07, 6.45) is 9.15. The third-order valence-corrected chi connectivity index (χ3v) is 9.97. The zero-order chi connectivity index (χ0) is 31.3. The average Bonchev–Trinajstić information content (AvgIpc) is 3.02. The van der Waals surface area contributed by atoms with Crippen LogP contribution in [0.5, 0.6) is 11.5 Å². The number of carboxylic acids is 1. The summed E-state index contributed by atoms with van der Waals surface area (Å²) >= 11 is 0. The fourth-order valence-corrected chi connectivity index (χ4v) is 8.28. The minimum Gasteiger partial charge on any atom is -0.493 e. The number of aromatic carboxylic acids is 1. The number of nitrogens with zero attached hydrogens (tertiary/aromatic N) is 1. The third-order valence-electron chi connectivity index (χ3n) is 9.97. The van der Waals surface area contributed by atoms with E-state index in [9.17, 15) is 19.2 Å². The summed E-state index contributed by atoms with van der Waals surface area (Å²) in [6.45, 7) is 0.177. The van der Waals surface area contributed by atoms with Gasteiger partial charge in [-0.2, -0.15) is 0 Å². The van der Waals surface area contributed by atoms with Crippen molar-refractivity contribution in [2.45, 2.75) is 50.5 Å². The highest BCUT2D eigenvalue weighted by atomic mass is 16.5. The van der Waals surface area contributed by atoms with Gasteiger partial charge in [0.15, 0.2) is 11.5 Å². The molecular formula is C36H34N2O7. The molecule has 0 aromatic heterocycles. The summed E-state index contributed by atoms with van der Waals surface area (Å²) in [5, 5.41) is 11.4. The first-order chi connectivity index (χ1) is 21.7. The van der Waals surface area contributed by atoms with Crippen LogP contribution >= 0.6 is 0 Å². The van der Waals surface area contributed by atoms with Crippen molar-refractivity contribution in [1.82, 2.24) is 5.32 Å². The van der Waals surface area contributed by atoms with Gasteiger partial charge in [-0.15, -0.1) is 0 Å². The Labute approximate surface area is 260 Å². The van der Waals surface area contributed by atoms with Gasteiger partial charge in [-0.3, -0.25) is 14.9 Å². The van der Waals surface area contributed by atoms with Crippen LogP contribution in [0, 0.1) is 17.8 Å². The van der Waals surface area contributed by atoms with Crippen LogP contribution in [0.15, 0.2) is 72.3 Å². The molecule has 4 aliphatic carbocycles. The number of carbonyl (C=O) groups excluding carboxylic acids is 3. The molecule has 9 heteroatoms. The van der Waals surface area contributed by atoms with Gasteiger partial charge in [0.2, 0.25) is 0 Å². The van der Waals surface area contributed by atoms with Crippen LogP contribution in [0.25, 0.3) is 6.08 Å². The second kappa shape index (κ2) is 11.2. The maximum absolute atomic E-state index is 13.6. The quantitative estimate of drug-likeness (QED) is 0.234. The molecule has 4 saturated carbocycles. The lowest BCUT2D eigenvalue weighted by molar-refractivity contribution is -0.122. The van der Waals surface area contributed by atoms with Gasteiger partial charge < -0.3 is 14.6 Å². The fourth-order valence-electron chi connectivity index (χ4n) is 8.28. The summed E-state index contributed by atoms with van der Waals surface area (Å²) in [7, 11) is 1.48. The monoisotopic (exact) mass is 606 g/mol. The van der Waals surface area contributed by atoms with E-state index in [-0.39, 0.29) is 23.2 Å². The van der Waals surface area contributed by atoms with Gasteiger partial charge in [0, 0.05) is 0 Å². The molecule has 1 aliphatic heterocycles. The number of imide groups is 2. The van der Waals surface area contributed by atoms with Crippen molar-refractivity contribution in [2.24, 2.45) is 17.8 Å². The Morgan fingerprint density at radius 1 is 0.911 bits per heavy atom. The molecule has 4 amide bonds. The molecule has 0 radical (unpaired) electrons. The van der Waals surface area contributed by atoms with Crippen molar-refractivity contribution < 1.29 is 33.8 Å². The van der Waals surface area contributed by atoms with Crippen molar-refractivity contribution in [3.05, 3.63) is 94.6 Å². The van der Waals surface area contributed by atoms with Gasteiger partial charge >= 0.3 is 12.0 Å². The SMILES string of the molecule is COc1cc(/C=C2/C(=O)NC(=O)N(c3ccc(C45CC6CC(CC(C6)C4)C5)cc3)C2=O)ccc1OCc1ccc(C(=O)O)cc1. The number of barbiturate groups is 1. The molecule has 3 aromatic rings. The molecule has 5 fully saturated rings. The standard InChI is InChI=1S/C36H34N2O7/c1-44-31-16-22(4-11-30(31)45-20-21-2-5-26(6-3-21)34(41)42)15-29-32(39)37-35(43)38(33(29)40)28-9-7-27(8-10-28)36-17-23-12-24(18-36)14-25(13-23)19-36/h2-11,15-16,23-25H,12-14,17-20H2,1H3,(H,41,42)(H,37,39,43)/b29-15-. The van der Waals surface area contributed by atoms with Crippen LogP contribution in [-0.4, -0.2) is 36.0 Å². The fraction of sp³-hybridized carbons (Fsp3) is 0.333. The molecule has 2 N–H and O–H groups in total. The van der Waals surface area contributed by atoms with Gasteiger partial charge in [0.05, 0.1) is 18.4 Å². The number of carbonyl (C=O) groups is 4. The summed E-state index contributed by atoms with van der Waals surface area (Å²) in [5.41, 5.74) is 3.20. The first kappa shape index (κ1) is 28.8. The number of hydrogen-bond donors (Lipinski definition) is 2. The average molecular weight is 607 g/mol. The molecule has 0 atom stereocenters. The zero-order valence-corrected chi connectivity index (χ0v) is 25.0. The molecule has 1 heterocycles. The maximum Gasteiger partial charge on any atom is 0.335 e. The number of hydrogen-bond acceptors (Lipinski definition) is 6. The van der Waals surface area contributed by atoms with E-state index >= 15 is 0 Å². The highest BCUT2D eigenvalue weighted by Crippen LogP contribution is 2.60.